The fourth-order valence-corrected chi connectivity index (χ4v) is 2.95. The number of hydrogen-bond acceptors (Lipinski definition) is 2. The lowest BCUT2D eigenvalue weighted by atomic mass is 9.86. The van der Waals surface area contributed by atoms with E-state index in [0.717, 1.165) is 18.5 Å². The van der Waals surface area contributed by atoms with Crippen molar-refractivity contribution >= 4 is 0 Å². The fraction of sp³-hybridized carbons (Fsp3) is 1.00. The lowest BCUT2D eigenvalue weighted by Crippen LogP contribution is -2.42. The molecule has 2 nitrogen and oxygen atoms in total. The van der Waals surface area contributed by atoms with Crippen LogP contribution >= 0.6 is 0 Å². The van der Waals surface area contributed by atoms with Crippen molar-refractivity contribution in [3.63, 3.8) is 0 Å². The molecule has 0 aromatic heterocycles. The lowest BCUT2D eigenvalue weighted by Gasteiger charge is -2.31. The monoisotopic (exact) mass is 240 g/mol. The Morgan fingerprint density at radius 1 is 1.18 bits per heavy atom. The molecule has 2 atom stereocenters. The normalized spacial score (nSPS) is 26.5. The lowest BCUT2D eigenvalue weighted by molar-refractivity contribution is 0.214. The first-order valence-corrected chi connectivity index (χ1v) is 7.30. The van der Waals surface area contributed by atoms with Gasteiger partial charge in [-0.25, -0.2) is 0 Å². The van der Waals surface area contributed by atoms with E-state index in [-0.39, 0.29) is 0 Å². The van der Waals surface area contributed by atoms with E-state index in [1.807, 2.05) is 0 Å². The largest absolute Gasteiger partial charge is 0.312 e. The minimum Gasteiger partial charge on any atom is -0.312 e. The van der Waals surface area contributed by atoms with Gasteiger partial charge in [0.25, 0.3) is 0 Å². The zero-order chi connectivity index (χ0) is 12.9. The first-order valence-electron chi connectivity index (χ1n) is 7.30. The molecule has 1 fully saturated rings. The molecule has 2 heteroatoms. The first kappa shape index (κ1) is 15.0. The minimum atomic E-state index is 0.410. The average molecular weight is 240 g/mol. The summed E-state index contributed by atoms with van der Waals surface area (Å²) in [5.41, 5.74) is 0.410. The van der Waals surface area contributed by atoms with Crippen LogP contribution in [0, 0.1) is 11.3 Å². The molecule has 1 aliphatic rings. The average Bonchev–Trinajstić information content (AvgIpc) is 2.18. The zero-order valence-corrected chi connectivity index (χ0v) is 12.6. The summed E-state index contributed by atoms with van der Waals surface area (Å²) in [6.07, 6.45) is 5.64. The van der Waals surface area contributed by atoms with Crippen LogP contribution in [-0.4, -0.2) is 37.6 Å². The molecule has 0 aromatic rings. The van der Waals surface area contributed by atoms with E-state index >= 15 is 0 Å². The number of nitrogens with one attached hydrogen (secondary N) is 1. The Morgan fingerprint density at radius 3 is 2.41 bits per heavy atom. The molecule has 1 saturated carbocycles. The summed E-state index contributed by atoms with van der Waals surface area (Å²) >= 11 is 0. The van der Waals surface area contributed by atoms with Crippen molar-refractivity contribution in [3.8, 4) is 0 Å². The molecule has 0 amide bonds. The van der Waals surface area contributed by atoms with Crippen molar-refractivity contribution in [1.29, 1.82) is 0 Å². The van der Waals surface area contributed by atoms with E-state index in [9.17, 15) is 0 Å². The van der Waals surface area contributed by atoms with Crippen molar-refractivity contribution in [2.45, 2.75) is 59.4 Å². The third kappa shape index (κ3) is 6.42. The van der Waals surface area contributed by atoms with E-state index in [4.69, 9.17) is 0 Å². The molecular formula is C15H32N2. The second-order valence-electron chi connectivity index (χ2n) is 7.12. The predicted molar refractivity (Wildman–Crippen MR) is 76.4 cm³/mol. The van der Waals surface area contributed by atoms with Gasteiger partial charge in [-0.3, -0.25) is 0 Å². The number of likely N-dealkylation sites (N-methyl/N-ethyl adjacent to an activating group) is 1. The van der Waals surface area contributed by atoms with Gasteiger partial charge in [-0.05, 0) is 31.2 Å². The molecule has 0 aliphatic heterocycles. The fourth-order valence-electron chi connectivity index (χ4n) is 2.95. The third-order valence-electron chi connectivity index (χ3n) is 3.76. The van der Waals surface area contributed by atoms with Crippen molar-refractivity contribution < 1.29 is 0 Å². The van der Waals surface area contributed by atoms with Gasteiger partial charge >= 0.3 is 0 Å². The number of hydrogen-bond donors (Lipinski definition) is 1. The van der Waals surface area contributed by atoms with Gasteiger partial charge in [-0.1, -0.05) is 40.5 Å². The van der Waals surface area contributed by atoms with Crippen molar-refractivity contribution in [3.05, 3.63) is 0 Å². The van der Waals surface area contributed by atoms with Crippen molar-refractivity contribution in [2.24, 2.45) is 11.3 Å². The molecule has 102 valence electrons. The Balaban J connectivity index is 2.14. The molecule has 0 heterocycles. The number of nitrogens with zero attached hydrogens (tertiary/aromatic N) is 1. The Kier molecular flexibility index (Phi) is 5.94. The van der Waals surface area contributed by atoms with Crippen molar-refractivity contribution in [2.75, 3.05) is 26.7 Å². The highest BCUT2D eigenvalue weighted by atomic mass is 15.1. The van der Waals surface area contributed by atoms with Crippen LogP contribution in [0.2, 0.25) is 0 Å². The van der Waals surface area contributed by atoms with Crippen LogP contribution in [0.25, 0.3) is 0 Å². The van der Waals surface area contributed by atoms with Crippen LogP contribution < -0.4 is 5.32 Å². The quantitative estimate of drug-likeness (QED) is 0.794. The first-order chi connectivity index (χ1) is 7.88. The Hall–Kier alpha value is -0.0800. The second-order valence-corrected chi connectivity index (χ2v) is 7.12. The van der Waals surface area contributed by atoms with Gasteiger partial charge in [0.15, 0.2) is 0 Å². The summed E-state index contributed by atoms with van der Waals surface area (Å²) < 4.78 is 0. The van der Waals surface area contributed by atoms with E-state index in [1.54, 1.807) is 0 Å². The Morgan fingerprint density at radius 2 is 1.82 bits per heavy atom. The van der Waals surface area contributed by atoms with Gasteiger partial charge < -0.3 is 10.2 Å². The summed E-state index contributed by atoms with van der Waals surface area (Å²) in [6.45, 7) is 12.8. The van der Waals surface area contributed by atoms with E-state index in [0.29, 0.717) is 5.41 Å². The highest BCUT2D eigenvalue weighted by Gasteiger charge is 2.20. The standard InChI is InChI=1S/C15H32N2/c1-13-8-6-7-9-14(13)16-10-11-17(5)12-15(2,3)4/h13-14,16H,6-12H2,1-5H3. The number of rotatable bonds is 5. The van der Waals surface area contributed by atoms with Crippen LogP contribution in [0.4, 0.5) is 0 Å². The molecule has 0 saturated heterocycles. The van der Waals surface area contributed by atoms with Gasteiger partial charge in [0.2, 0.25) is 0 Å². The van der Waals surface area contributed by atoms with Crippen LogP contribution in [0.1, 0.15) is 53.4 Å². The molecule has 2 unspecified atom stereocenters. The molecule has 0 spiro atoms. The smallest absolute Gasteiger partial charge is 0.0104 e. The summed E-state index contributed by atoms with van der Waals surface area (Å²) in [5.74, 6) is 0.872. The predicted octanol–water partition coefficient (Wildman–Crippen LogP) is 3.13. The SMILES string of the molecule is CC1CCCCC1NCCN(C)CC(C)(C)C. The highest BCUT2D eigenvalue weighted by Crippen LogP contribution is 2.23. The maximum atomic E-state index is 3.75. The van der Waals surface area contributed by atoms with Gasteiger partial charge in [-0.15, -0.1) is 0 Å². The van der Waals surface area contributed by atoms with Gasteiger partial charge in [0.1, 0.15) is 0 Å². The Labute approximate surface area is 108 Å². The van der Waals surface area contributed by atoms with Crippen LogP contribution in [-0.2, 0) is 0 Å². The van der Waals surface area contributed by atoms with Crippen LogP contribution in [0.15, 0.2) is 0 Å². The summed E-state index contributed by atoms with van der Waals surface area (Å²) in [7, 11) is 2.23. The molecular weight excluding hydrogens is 208 g/mol. The molecule has 17 heavy (non-hydrogen) atoms. The second kappa shape index (κ2) is 6.75. The van der Waals surface area contributed by atoms with Gasteiger partial charge in [0, 0.05) is 25.7 Å². The molecule has 1 rings (SSSR count). The maximum Gasteiger partial charge on any atom is 0.0104 e. The molecule has 0 aromatic carbocycles. The zero-order valence-electron chi connectivity index (χ0n) is 12.6. The van der Waals surface area contributed by atoms with Crippen molar-refractivity contribution in [1.82, 2.24) is 10.2 Å². The highest BCUT2D eigenvalue weighted by molar-refractivity contribution is 4.78. The molecule has 0 bridgehead atoms. The summed E-state index contributed by atoms with van der Waals surface area (Å²) in [4.78, 5) is 2.44. The third-order valence-corrected chi connectivity index (χ3v) is 3.76. The topological polar surface area (TPSA) is 15.3 Å². The van der Waals surface area contributed by atoms with E-state index in [2.05, 4.69) is 45.0 Å². The minimum absolute atomic E-state index is 0.410. The Bertz CT molecular complexity index is 207. The van der Waals surface area contributed by atoms with Gasteiger partial charge in [0.05, 0.1) is 0 Å². The summed E-state index contributed by atoms with van der Waals surface area (Å²) in [6, 6.07) is 0.770. The van der Waals surface area contributed by atoms with Crippen LogP contribution in [0.3, 0.4) is 0 Å². The maximum absolute atomic E-state index is 3.75. The molecule has 0 radical (unpaired) electrons. The molecule has 1 N–H and O–H groups in total. The molecule has 1 aliphatic carbocycles. The van der Waals surface area contributed by atoms with Gasteiger partial charge in [-0.2, -0.15) is 0 Å². The van der Waals surface area contributed by atoms with E-state index in [1.165, 1.54) is 38.8 Å². The van der Waals surface area contributed by atoms with Crippen LogP contribution in [0.5, 0.6) is 0 Å². The summed E-state index contributed by atoms with van der Waals surface area (Å²) in [5, 5.41) is 3.75. The van der Waals surface area contributed by atoms with E-state index < -0.39 is 0 Å².